The lowest BCUT2D eigenvalue weighted by molar-refractivity contribution is 0.137. The van der Waals surface area contributed by atoms with Gasteiger partial charge in [0.25, 0.3) is 0 Å². The van der Waals surface area contributed by atoms with Gasteiger partial charge in [0.1, 0.15) is 0 Å². The number of hydrogen-bond donors (Lipinski definition) is 2. The molecule has 1 aliphatic carbocycles. The Hall–Kier alpha value is 0.210. The van der Waals surface area contributed by atoms with Crippen LogP contribution in [0.5, 0.6) is 0 Å². The van der Waals surface area contributed by atoms with Crippen molar-refractivity contribution in [2.75, 3.05) is 0 Å². The highest BCUT2D eigenvalue weighted by Gasteiger charge is 2.16. The molecule has 0 saturated heterocycles. The summed E-state index contributed by atoms with van der Waals surface area (Å²) in [6.07, 6.45) is 5.26. The molecule has 0 unspecified atom stereocenters. The molecule has 3 heteroatoms. The van der Waals surface area contributed by atoms with Gasteiger partial charge in [0.05, 0.1) is 6.10 Å². The highest BCUT2D eigenvalue weighted by atomic mass is 35.5. The molecule has 0 aromatic heterocycles. The molecule has 0 aliphatic heterocycles. The summed E-state index contributed by atoms with van der Waals surface area (Å²) in [4.78, 5) is 0. The molecule has 3 N–H and O–H groups in total. The minimum absolute atomic E-state index is 0. The minimum Gasteiger partial charge on any atom is -0.392 e. The first-order valence-corrected chi connectivity index (χ1v) is 3.74. The first-order valence-electron chi connectivity index (χ1n) is 3.74. The smallest absolute Gasteiger partial charge is 0.0691 e. The van der Waals surface area contributed by atoms with Crippen molar-refractivity contribution in [2.24, 2.45) is 5.73 Å². The second-order valence-corrected chi connectivity index (χ2v) is 2.87. The van der Waals surface area contributed by atoms with Crippen molar-refractivity contribution < 1.29 is 5.11 Å². The summed E-state index contributed by atoms with van der Waals surface area (Å²) in [6.45, 7) is 0. The fourth-order valence-electron chi connectivity index (χ4n) is 1.32. The van der Waals surface area contributed by atoms with Gasteiger partial charge in [-0.05, 0) is 12.8 Å². The zero-order valence-corrected chi connectivity index (χ0v) is 6.94. The van der Waals surface area contributed by atoms with Gasteiger partial charge in [-0.1, -0.05) is 19.3 Å². The highest BCUT2D eigenvalue weighted by Crippen LogP contribution is 2.15. The molecular weight excluding hydrogens is 150 g/mol. The third-order valence-corrected chi connectivity index (χ3v) is 2.03. The van der Waals surface area contributed by atoms with Crippen LogP contribution < -0.4 is 5.73 Å². The van der Waals surface area contributed by atoms with E-state index in [1.54, 1.807) is 0 Å². The van der Waals surface area contributed by atoms with Gasteiger partial charge in [-0.2, -0.15) is 0 Å². The lowest BCUT2D eigenvalue weighted by Crippen LogP contribution is -2.33. The summed E-state index contributed by atoms with van der Waals surface area (Å²) >= 11 is 0. The minimum atomic E-state index is -0.229. The van der Waals surface area contributed by atoms with Gasteiger partial charge in [-0.15, -0.1) is 12.4 Å². The van der Waals surface area contributed by atoms with E-state index in [-0.39, 0.29) is 24.6 Å². The summed E-state index contributed by atoms with van der Waals surface area (Å²) in [7, 11) is 0. The Morgan fingerprint density at radius 1 is 1.10 bits per heavy atom. The van der Waals surface area contributed by atoms with Crippen molar-refractivity contribution in [3.63, 3.8) is 0 Å². The molecule has 0 aromatic carbocycles. The molecule has 1 aliphatic rings. The van der Waals surface area contributed by atoms with Crippen molar-refractivity contribution in [1.29, 1.82) is 0 Å². The molecule has 0 spiro atoms. The molecule has 62 valence electrons. The largest absolute Gasteiger partial charge is 0.392 e. The SMILES string of the molecule is Cl.N[C@H]1CCCCC[C@@H]1O. The summed E-state index contributed by atoms with van der Waals surface area (Å²) in [6, 6.07) is 0.0486. The first kappa shape index (κ1) is 10.2. The maximum atomic E-state index is 9.23. The number of halogens is 1. The van der Waals surface area contributed by atoms with Gasteiger partial charge < -0.3 is 10.8 Å². The number of aliphatic hydroxyl groups is 1. The topological polar surface area (TPSA) is 46.2 Å². The van der Waals surface area contributed by atoms with Gasteiger partial charge >= 0.3 is 0 Å². The number of hydrogen-bond acceptors (Lipinski definition) is 2. The Bertz CT molecular complexity index is 79.7. The maximum Gasteiger partial charge on any atom is 0.0691 e. The van der Waals surface area contributed by atoms with Crippen LogP contribution in [0.15, 0.2) is 0 Å². The van der Waals surface area contributed by atoms with Crippen LogP contribution in [-0.2, 0) is 0 Å². The van der Waals surface area contributed by atoms with Gasteiger partial charge in [0, 0.05) is 6.04 Å². The Labute approximate surface area is 68.2 Å². The van der Waals surface area contributed by atoms with Gasteiger partial charge in [0.15, 0.2) is 0 Å². The third kappa shape index (κ3) is 2.86. The average molecular weight is 166 g/mol. The zero-order chi connectivity index (χ0) is 6.69. The molecule has 0 amide bonds. The van der Waals surface area contributed by atoms with Crippen molar-refractivity contribution in [2.45, 2.75) is 44.2 Å². The molecule has 10 heavy (non-hydrogen) atoms. The molecule has 1 rings (SSSR count). The van der Waals surface area contributed by atoms with Gasteiger partial charge in [-0.25, -0.2) is 0 Å². The van der Waals surface area contributed by atoms with E-state index in [0.717, 1.165) is 19.3 Å². The molecule has 0 heterocycles. The number of rotatable bonds is 0. The third-order valence-electron chi connectivity index (χ3n) is 2.03. The number of nitrogens with two attached hydrogens (primary N) is 1. The summed E-state index contributed by atoms with van der Waals surface area (Å²) in [5, 5.41) is 9.23. The Morgan fingerprint density at radius 2 is 1.70 bits per heavy atom. The van der Waals surface area contributed by atoms with Crippen LogP contribution in [0, 0.1) is 0 Å². The maximum absolute atomic E-state index is 9.23. The highest BCUT2D eigenvalue weighted by molar-refractivity contribution is 5.85. The normalized spacial score (nSPS) is 34.2. The molecule has 2 nitrogen and oxygen atoms in total. The van der Waals surface area contributed by atoms with Crippen LogP contribution in [0.1, 0.15) is 32.1 Å². The van der Waals surface area contributed by atoms with Gasteiger partial charge in [-0.3, -0.25) is 0 Å². The quantitative estimate of drug-likeness (QED) is 0.528. The summed E-state index contributed by atoms with van der Waals surface area (Å²) < 4.78 is 0. The van der Waals surface area contributed by atoms with E-state index >= 15 is 0 Å². The molecule has 1 fully saturated rings. The van der Waals surface area contributed by atoms with E-state index in [1.807, 2.05) is 0 Å². The lowest BCUT2D eigenvalue weighted by Gasteiger charge is -2.13. The Balaban J connectivity index is 0.000000810. The van der Waals surface area contributed by atoms with Crippen molar-refractivity contribution in [3.05, 3.63) is 0 Å². The second-order valence-electron chi connectivity index (χ2n) is 2.87. The molecule has 0 bridgehead atoms. The van der Waals surface area contributed by atoms with E-state index in [4.69, 9.17) is 5.73 Å². The fourth-order valence-corrected chi connectivity index (χ4v) is 1.32. The zero-order valence-electron chi connectivity index (χ0n) is 6.12. The van der Waals surface area contributed by atoms with E-state index in [1.165, 1.54) is 12.8 Å². The molecule has 0 radical (unpaired) electrons. The fraction of sp³-hybridized carbons (Fsp3) is 1.00. The van der Waals surface area contributed by atoms with Crippen LogP contribution in [0.25, 0.3) is 0 Å². The first-order chi connectivity index (χ1) is 4.30. The van der Waals surface area contributed by atoms with E-state index < -0.39 is 0 Å². The van der Waals surface area contributed by atoms with E-state index in [0.29, 0.717) is 0 Å². The van der Waals surface area contributed by atoms with E-state index in [2.05, 4.69) is 0 Å². The molecular formula is C7H16ClNO. The Morgan fingerprint density at radius 3 is 2.40 bits per heavy atom. The van der Waals surface area contributed by atoms with E-state index in [9.17, 15) is 5.11 Å². The van der Waals surface area contributed by atoms with Crippen molar-refractivity contribution in [3.8, 4) is 0 Å². The monoisotopic (exact) mass is 165 g/mol. The second kappa shape index (κ2) is 4.94. The van der Waals surface area contributed by atoms with Crippen molar-refractivity contribution >= 4 is 12.4 Å². The molecule has 0 aromatic rings. The van der Waals surface area contributed by atoms with Crippen LogP contribution in [0.2, 0.25) is 0 Å². The van der Waals surface area contributed by atoms with Crippen LogP contribution >= 0.6 is 12.4 Å². The van der Waals surface area contributed by atoms with Crippen LogP contribution in [0.3, 0.4) is 0 Å². The van der Waals surface area contributed by atoms with Crippen molar-refractivity contribution in [1.82, 2.24) is 0 Å². The van der Waals surface area contributed by atoms with Crippen LogP contribution in [-0.4, -0.2) is 17.3 Å². The number of aliphatic hydroxyl groups excluding tert-OH is 1. The average Bonchev–Trinajstić information content (AvgIpc) is 1.99. The molecule has 1 saturated carbocycles. The lowest BCUT2D eigenvalue weighted by atomic mass is 10.1. The van der Waals surface area contributed by atoms with Gasteiger partial charge in [0.2, 0.25) is 0 Å². The molecule has 2 atom stereocenters. The predicted octanol–water partition coefficient (Wildman–Crippen LogP) is 1.06. The summed E-state index contributed by atoms with van der Waals surface area (Å²) in [5.74, 6) is 0. The summed E-state index contributed by atoms with van der Waals surface area (Å²) in [5.41, 5.74) is 5.63. The predicted molar refractivity (Wildman–Crippen MR) is 44.3 cm³/mol. The van der Waals surface area contributed by atoms with Crippen LogP contribution in [0.4, 0.5) is 0 Å². The standard InChI is InChI=1S/C7H15NO.ClH/c8-6-4-2-1-3-5-7(6)9;/h6-7,9H,1-5,8H2;1H/t6-,7-;/m0./s1. The Kier molecular flexibility index (Phi) is 5.04.